The Bertz CT molecular complexity index is 629. The summed E-state index contributed by atoms with van der Waals surface area (Å²) >= 11 is 0. The number of carbonyl (C=O) groups excluding carboxylic acids is 1. The lowest BCUT2D eigenvalue weighted by molar-refractivity contribution is -0.143. The predicted octanol–water partition coefficient (Wildman–Crippen LogP) is 0.959. The molecular weight excluding hydrogens is 296 g/mol. The molecule has 0 saturated carbocycles. The fourth-order valence-corrected chi connectivity index (χ4v) is 3.52. The average Bonchev–Trinajstić information content (AvgIpc) is 2.96. The predicted molar refractivity (Wildman–Crippen MR) is 84.5 cm³/mol. The van der Waals surface area contributed by atoms with Crippen molar-refractivity contribution in [1.29, 1.82) is 0 Å². The molecule has 0 spiro atoms. The van der Waals surface area contributed by atoms with E-state index in [1.807, 2.05) is 4.90 Å². The third-order valence-corrected chi connectivity index (χ3v) is 4.68. The standard InChI is InChI=1S/C17H22N2O4/c1-23-15-8-12-4-2-3-11(12)7-13(15)10-19-6-5-18-17(22)14(19)9-16(20)21/h7-8,14H,2-6,9-10H2,1H3,(H,18,22)(H,20,21). The number of fused-ring (bicyclic) bond motifs is 1. The zero-order chi connectivity index (χ0) is 16.4. The number of hydrogen-bond acceptors (Lipinski definition) is 4. The van der Waals surface area contributed by atoms with E-state index in [4.69, 9.17) is 9.84 Å². The SMILES string of the molecule is COc1cc2c(cc1CN1CCNC(=O)C1CC(=O)O)CCC2. The Labute approximate surface area is 135 Å². The van der Waals surface area contributed by atoms with Gasteiger partial charge in [0.15, 0.2) is 0 Å². The van der Waals surface area contributed by atoms with E-state index in [1.54, 1.807) is 7.11 Å². The highest BCUT2D eigenvalue weighted by atomic mass is 16.5. The monoisotopic (exact) mass is 318 g/mol. The van der Waals surface area contributed by atoms with Gasteiger partial charge in [-0.05, 0) is 36.5 Å². The van der Waals surface area contributed by atoms with Gasteiger partial charge in [-0.1, -0.05) is 6.07 Å². The van der Waals surface area contributed by atoms with Crippen molar-refractivity contribution in [2.75, 3.05) is 20.2 Å². The number of nitrogens with one attached hydrogen (secondary N) is 1. The van der Waals surface area contributed by atoms with Crippen molar-refractivity contribution < 1.29 is 19.4 Å². The third-order valence-electron chi connectivity index (χ3n) is 4.68. The fourth-order valence-electron chi connectivity index (χ4n) is 3.52. The van der Waals surface area contributed by atoms with Crippen molar-refractivity contribution in [1.82, 2.24) is 10.2 Å². The smallest absolute Gasteiger partial charge is 0.305 e. The molecule has 1 aliphatic carbocycles. The number of piperazine rings is 1. The van der Waals surface area contributed by atoms with Crippen molar-refractivity contribution in [3.8, 4) is 5.75 Å². The number of carbonyl (C=O) groups is 2. The maximum atomic E-state index is 12.0. The lowest BCUT2D eigenvalue weighted by atomic mass is 10.0. The van der Waals surface area contributed by atoms with Gasteiger partial charge in [-0.2, -0.15) is 0 Å². The van der Waals surface area contributed by atoms with Gasteiger partial charge < -0.3 is 15.2 Å². The summed E-state index contributed by atoms with van der Waals surface area (Å²) in [7, 11) is 1.65. The summed E-state index contributed by atoms with van der Waals surface area (Å²) < 4.78 is 5.51. The first-order valence-corrected chi connectivity index (χ1v) is 8.00. The second kappa shape index (κ2) is 6.58. The number of aryl methyl sites for hydroxylation is 2. The van der Waals surface area contributed by atoms with Gasteiger partial charge in [0.2, 0.25) is 5.91 Å². The number of nitrogens with zero attached hydrogens (tertiary/aromatic N) is 1. The molecular formula is C17H22N2O4. The summed E-state index contributed by atoms with van der Waals surface area (Å²) in [6, 6.07) is 3.62. The van der Waals surface area contributed by atoms with Gasteiger partial charge in [0, 0.05) is 25.2 Å². The molecule has 1 aromatic rings. The van der Waals surface area contributed by atoms with Crippen molar-refractivity contribution in [2.45, 2.75) is 38.3 Å². The molecule has 2 N–H and O–H groups in total. The minimum atomic E-state index is -0.960. The average molecular weight is 318 g/mol. The first kappa shape index (κ1) is 15.8. The van der Waals surface area contributed by atoms with Crippen molar-refractivity contribution in [3.05, 3.63) is 28.8 Å². The largest absolute Gasteiger partial charge is 0.496 e. The molecule has 2 aliphatic rings. The second-order valence-electron chi connectivity index (χ2n) is 6.16. The number of methoxy groups -OCH3 is 1. The quantitative estimate of drug-likeness (QED) is 0.845. The molecule has 1 amide bonds. The summed E-state index contributed by atoms with van der Waals surface area (Å²) in [6.07, 6.45) is 3.14. The van der Waals surface area contributed by atoms with Crippen LogP contribution in [0.25, 0.3) is 0 Å². The molecule has 0 aromatic heterocycles. The molecule has 1 atom stereocenters. The number of aliphatic carboxylic acids is 1. The molecule has 0 radical (unpaired) electrons. The Morgan fingerprint density at radius 3 is 2.83 bits per heavy atom. The number of ether oxygens (including phenoxy) is 1. The molecule has 3 rings (SSSR count). The van der Waals surface area contributed by atoms with Gasteiger partial charge in [0.25, 0.3) is 0 Å². The number of rotatable bonds is 5. The topological polar surface area (TPSA) is 78.9 Å². The van der Waals surface area contributed by atoms with Crippen LogP contribution in [0, 0.1) is 0 Å². The van der Waals surface area contributed by atoms with Crippen LogP contribution in [0.4, 0.5) is 0 Å². The molecule has 0 bridgehead atoms. The van der Waals surface area contributed by atoms with Gasteiger partial charge >= 0.3 is 5.97 Å². The zero-order valence-electron chi connectivity index (χ0n) is 13.3. The Hall–Kier alpha value is -2.08. The van der Waals surface area contributed by atoms with E-state index in [1.165, 1.54) is 11.1 Å². The van der Waals surface area contributed by atoms with Crippen molar-refractivity contribution in [2.24, 2.45) is 0 Å². The normalized spacial score (nSPS) is 20.9. The van der Waals surface area contributed by atoms with Crippen LogP contribution in [0.15, 0.2) is 12.1 Å². The Morgan fingerprint density at radius 2 is 2.13 bits per heavy atom. The first-order chi connectivity index (χ1) is 11.1. The maximum Gasteiger partial charge on any atom is 0.305 e. The number of amides is 1. The van der Waals surface area contributed by atoms with Crippen LogP contribution in [0.2, 0.25) is 0 Å². The van der Waals surface area contributed by atoms with Gasteiger partial charge in [0.1, 0.15) is 11.8 Å². The van der Waals surface area contributed by atoms with Gasteiger partial charge in [-0.3, -0.25) is 14.5 Å². The van der Waals surface area contributed by atoms with Crippen LogP contribution in [0.5, 0.6) is 5.75 Å². The molecule has 23 heavy (non-hydrogen) atoms. The highest BCUT2D eigenvalue weighted by molar-refractivity contribution is 5.86. The van der Waals surface area contributed by atoms with E-state index in [2.05, 4.69) is 17.4 Å². The minimum Gasteiger partial charge on any atom is -0.496 e. The summed E-state index contributed by atoms with van der Waals surface area (Å²) in [6.45, 7) is 1.72. The van der Waals surface area contributed by atoms with Crippen molar-refractivity contribution >= 4 is 11.9 Å². The number of carboxylic acids is 1. The van der Waals surface area contributed by atoms with E-state index in [9.17, 15) is 9.59 Å². The number of hydrogen-bond donors (Lipinski definition) is 2. The maximum absolute atomic E-state index is 12.0. The van der Waals surface area contributed by atoms with Crippen LogP contribution in [-0.4, -0.2) is 48.1 Å². The van der Waals surface area contributed by atoms with Gasteiger partial charge in [-0.15, -0.1) is 0 Å². The second-order valence-corrected chi connectivity index (χ2v) is 6.16. The van der Waals surface area contributed by atoms with Crippen LogP contribution in [0.3, 0.4) is 0 Å². The number of carboxylic acid groups (broad SMARTS) is 1. The van der Waals surface area contributed by atoms with Crippen LogP contribution < -0.4 is 10.1 Å². The number of benzene rings is 1. The van der Waals surface area contributed by atoms with E-state index in [0.29, 0.717) is 19.6 Å². The molecule has 124 valence electrons. The Kier molecular flexibility index (Phi) is 4.52. The molecule has 1 heterocycles. The summed E-state index contributed by atoms with van der Waals surface area (Å²) in [5, 5.41) is 11.8. The fraction of sp³-hybridized carbons (Fsp3) is 0.529. The minimum absolute atomic E-state index is 0.181. The van der Waals surface area contributed by atoms with E-state index in [0.717, 1.165) is 30.6 Å². The van der Waals surface area contributed by atoms with Gasteiger partial charge in [0.05, 0.1) is 13.5 Å². The third kappa shape index (κ3) is 3.32. The van der Waals surface area contributed by atoms with Crippen LogP contribution in [-0.2, 0) is 29.0 Å². The molecule has 1 aliphatic heterocycles. The molecule has 1 fully saturated rings. The zero-order valence-corrected chi connectivity index (χ0v) is 13.3. The molecule has 6 heteroatoms. The molecule has 6 nitrogen and oxygen atoms in total. The molecule has 1 saturated heterocycles. The molecule has 1 unspecified atom stereocenters. The summed E-state index contributed by atoms with van der Waals surface area (Å²) in [5.74, 6) is -0.345. The van der Waals surface area contributed by atoms with Crippen molar-refractivity contribution in [3.63, 3.8) is 0 Å². The highest BCUT2D eigenvalue weighted by Crippen LogP contribution is 2.31. The lowest BCUT2D eigenvalue weighted by Crippen LogP contribution is -2.55. The summed E-state index contributed by atoms with van der Waals surface area (Å²) in [4.78, 5) is 25.0. The highest BCUT2D eigenvalue weighted by Gasteiger charge is 2.32. The van der Waals surface area contributed by atoms with Crippen LogP contribution >= 0.6 is 0 Å². The first-order valence-electron chi connectivity index (χ1n) is 8.00. The summed E-state index contributed by atoms with van der Waals surface area (Å²) in [5.41, 5.74) is 3.71. The van der Waals surface area contributed by atoms with E-state index in [-0.39, 0.29) is 12.3 Å². The Morgan fingerprint density at radius 1 is 1.39 bits per heavy atom. The van der Waals surface area contributed by atoms with Gasteiger partial charge in [-0.25, -0.2) is 0 Å². The molecule has 1 aromatic carbocycles. The Balaban J connectivity index is 1.84. The van der Waals surface area contributed by atoms with E-state index < -0.39 is 12.0 Å². The van der Waals surface area contributed by atoms with E-state index >= 15 is 0 Å². The van der Waals surface area contributed by atoms with Crippen LogP contribution in [0.1, 0.15) is 29.5 Å². The lowest BCUT2D eigenvalue weighted by Gasteiger charge is -2.34.